The molecular weight excluding hydrogens is 486 g/mol. The second-order valence-corrected chi connectivity index (χ2v) is 11.9. The standard InChI is InChI=1S/C31H43N7O/c1-4-25-30(34-23-7-17-39-18-8-23)36-27-24(20-33-29(32)28(27)35-25)22-5-6-26(21(2)19-22)38-15-11-31(12-16-38)9-13-37(3)14-10-31/h5-6,19-20,23H,4,7-18H2,1-3H3,(H2,32,33)(H,34,36). The lowest BCUT2D eigenvalue weighted by Gasteiger charge is -2.47. The van der Waals surface area contributed by atoms with Gasteiger partial charge in [0, 0.05) is 49.8 Å². The number of nitrogen functional groups attached to an aromatic ring is 1. The zero-order chi connectivity index (χ0) is 27.0. The molecule has 6 rings (SSSR count). The Balaban J connectivity index is 1.28. The number of piperidine rings is 2. The molecule has 0 amide bonds. The van der Waals surface area contributed by atoms with E-state index in [9.17, 15) is 0 Å². The number of nitrogens with zero attached hydrogens (tertiary/aromatic N) is 5. The number of nitrogens with one attached hydrogen (secondary N) is 1. The van der Waals surface area contributed by atoms with Crippen molar-refractivity contribution in [3.05, 3.63) is 35.7 Å². The Morgan fingerprint density at radius 2 is 1.74 bits per heavy atom. The van der Waals surface area contributed by atoms with Crippen LogP contribution >= 0.6 is 0 Å². The Labute approximate surface area is 232 Å². The number of likely N-dealkylation sites (tertiary alicyclic amines) is 1. The number of aromatic nitrogens is 3. The van der Waals surface area contributed by atoms with E-state index < -0.39 is 0 Å². The molecule has 5 heterocycles. The van der Waals surface area contributed by atoms with Crippen LogP contribution in [0, 0.1) is 12.3 Å². The summed E-state index contributed by atoms with van der Waals surface area (Å²) in [6, 6.07) is 7.13. The van der Waals surface area contributed by atoms with Gasteiger partial charge in [0.25, 0.3) is 0 Å². The minimum Gasteiger partial charge on any atom is -0.382 e. The van der Waals surface area contributed by atoms with E-state index in [1.54, 1.807) is 0 Å². The fourth-order valence-electron chi connectivity index (χ4n) is 6.69. The lowest BCUT2D eigenvalue weighted by Crippen LogP contribution is -2.46. The van der Waals surface area contributed by atoms with Crippen LogP contribution in [-0.2, 0) is 11.2 Å². The lowest BCUT2D eigenvalue weighted by atomic mass is 9.71. The molecule has 0 saturated carbocycles. The van der Waals surface area contributed by atoms with Crippen LogP contribution in [0.15, 0.2) is 24.4 Å². The highest BCUT2D eigenvalue weighted by Crippen LogP contribution is 2.42. The minimum atomic E-state index is 0.346. The van der Waals surface area contributed by atoms with E-state index in [2.05, 4.69) is 59.2 Å². The summed E-state index contributed by atoms with van der Waals surface area (Å²) in [5.74, 6) is 1.28. The van der Waals surface area contributed by atoms with Crippen molar-refractivity contribution in [2.24, 2.45) is 5.41 Å². The fourth-order valence-corrected chi connectivity index (χ4v) is 6.69. The number of anilines is 3. The molecule has 0 aliphatic carbocycles. The van der Waals surface area contributed by atoms with Crippen molar-refractivity contribution in [3.8, 4) is 11.1 Å². The van der Waals surface area contributed by atoms with Gasteiger partial charge >= 0.3 is 0 Å². The molecule has 0 radical (unpaired) electrons. The van der Waals surface area contributed by atoms with Gasteiger partial charge in [0.05, 0.1) is 5.69 Å². The van der Waals surface area contributed by atoms with Crippen LogP contribution in [0.4, 0.5) is 17.3 Å². The number of rotatable bonds is 5. The number of pyridine rings is 1. The second kappa shape index (κ2) is 10.9. The summed E-state index contributed by atoms with van der Waals surface area (Å²) in [7, 11) is 2.25. The molecule has 208 valence electrons. The van der Waals surface area contributed by atoms with Crippen LogP contribution < -0.4 is 16.0 Å². The number of ether oxygens (including phenoxy) is 1. The molecule has 3 aliphatic rings. The Bertz CT molecular complexity index is 1320. The average molecular weight is 530 g/mol. The van der Waals surface area contributed by atoms with Crippen LogP contribution in [-0.4, -0.2) is 72.3 Å². The Morgan fingerprint density at radius 3 is 2.44 bits per heavy atom. The van der Waals surface area contributed by atoms with Gasteiger partial charge in [0.2, 0.25) is 0 Å². The van der Waals surface area contributed by atoms with Crippen molar-refractivity contribution in [2.75, 3.05) is 62.4 Å². The van der Waals surface area contributed by atoms with Crippen molar-refractivity contribution in [1.29, 1.82) is 0 Å². The van der Waals surface area contributed by atoms with E-state index >= 15 is 0 Å². The summed E-state index contributed by atoms with van der Waals surface area (Å²) in [5, 5.41) is 3.66. The normalized spacial score (nSPS) is 20.5. The number of benzene rings is 1. The molecule has 0 atom stereocenters. The Hall–Kier alpha value is -2.97. The molecule has 2 aromatic heterocycles. The third kappa shape index (κ3) is 5.29. The summed E-state index contributed by atoms with van der Waals surface area (Å²) < 4.78 is 5.55. The van der Waals surface area contributed by atoms with Crippen LogP contribution in [0.25, 0.3) is 22.2 Å². The quantitative estimate of drug-likeness (QED) is 0.475. The number of hydrogen-bond acceptors (Lipinski definition) is 8. The van der Waals surface area contributed by atoms with Gasteiger partial charge in [-0.1, -0.05) is 13.0 Å². The maximum absolute atomic E-state index is 6.32. The first kappa shape index (κ1) is 26.3. The highest BCUT2D eigenvalue weighted by atomic mass is 16.5. The third-order valence-electron chi connectivity index (χ3n) is 9.42. The molecule has 1 spiro atoms. The largest absolute Gasteiger partial charge is 0.382 e. The predicted octanol–water partition coefficient (Wildman–Crippen LogP) is 5.05. The van der Waals surface area contributed by atoms with Gasteiger partial charge in [-0.2, -0.15) is 0 Å². The molecule has 8 nitrogen and oxygen atoms in total. The Kier molecular flexibility index (Phi) is 7.33. The topological polar surface area (TPSA) is 92.4 Å². The summed E-state index contributed by atoms with van der Waals surface area (Å²) in [5.41, 5.74) is 14.0. The Morgan fingerprint density at radius 1 is 1.03 bits per heavy atom. The van der Waals surface area contributed by atoms with Gasteiger partial charge in [-0.15, -0.1) is 0 Å². The first-order valence-corrected chi connectivity index (χ1v) is 14.8. The zero-order valence-corrected chi connectivity index (χ0v) is 23.8. The highest BCUT2D eigenvalue weighted by Gasteiger charge is 2.37. The molecule has 39 heavy (non-hydrogen) atoms. The van der Waals surface area contributed by atoms with Crippen LogP contribution in [0.5, 0.6) is 0 Å². The van der Waals surface area contributed by atoms with E-state index in [0.717, 1.165) is 73.7 Å². The third-order valence-corrected chi connectivity index (χ3v) is 9.42. The predicted molar refractivity (Wildman–Crippen MR) is 159 cm³/mol. The fraction of sp³-hybridized carbons (Fsp3) is 0.581. The van der Waals surface area contributed by atoms with Gasteiger partial charge < -0.3 is 25.6 Å². The van der Waals surface area contributed by atoms with Gasteiger partial charge in [-0.3, -0.25) is 0 Å². The van der Waals surface area contributed by atoms with E-state index in [-0.39, 0.29) is 0 Å². The number of hydrogen-bond donors (Lipinski definition) is 2. The van der Waals surface area contributed by atoms with Gasteiger partial charge in [-0.25, -0.2) is 15.0 Å². The molecule has 3 aliphatic heterocycles. The van der Waals surface area contributed by atoms with Gasteiger partial charge in [-0.05, 0) is 101 Å². The minimum absolute atomic E-state index is 0.346. The van der Waals surface area contributed by atoms with E-state index in [0.29, 0.717) is 22.8 Å². The van der Waals surface area contributed by atoms with Gasteiger partial charge in [0.1, 0.15) is 16.9 Å². The van der Waals surface area contributed by atoms with Crippen LogP contribution in [0.2, 0.25) is 0 Å². The lowest BCUT2D eigenvalue weighted by molar-refractivity contribution is 0.0903. The molecule has 3 aromatic rings. The van der Waals surface area contributed by atoms with Crippen LogP contribution in [0.1, 0.15) is 56.7 Å². The highest BCUT2D eigenvalue weighted by molar-refractivity contribution is 5.97. The van der Waals surface area contributed by atoms with Crippen LogP contribution in [0.3, 0.4) is 0 Å². The van der Waals surface area contributed by atoms with Crippen molar-refractivity contribution >= 4 is 28.4 Å². The molecule has 3 N–H and O–H groups in total. The number of aryl methyl sites for hydroxylation is 2. The van der Waals surface area contributed by atoms with Crippen molar-refractivity contribution in [1.82, 2.24) is 19.9 Å². The average Bonchev–Trinajstić information content (AvgIpc) is 2.96. The second-order valence-electron chi connectivity index (χ2n) is 11.9. The summed E-state index contributed by atoms with van der Waals surface area (Å²) in [4.78, 5) is 19.7. The number of fused-ring (bicyclic) bond motifs is 1. The smallest absolute Gasteiger partial charge is 0.151 e. The van der Waals surface area contributed by atoms with E-state index in [1.165, 1.54) is 50.0 Å². The monoisotopic (exact) mass is 529 g/mol. The molecule has 3 saturated heterocycles. The molecule has 1 aromatic carbocycles. The SMILES string of the molecule is CCc1nc2c(N)ncc(-c3ccc(N4CCC5(CCN(C)CC5)CC4)c(C)c3)c2nc1NC1CCOCC1. The molecule has 3 fully saturated rings. The van der Waals surface area contributed by atoms with Crippen molar-refractivity contribution < 1.29 is 4.74 Å². The summed E-state index contributed by atoms with van der Waals surface area (Å²) >= 11 is 0. The van der Waals surface area contributed by atoms with Gasteiger partial charge in [0.15, 0.2) is 5.82 Å². The first-order valence-electron chi connectivity index (χ1n) is 14.8. The zero-order valence-electron chi connectivity index (χ0n) is 23.8. The molecule has 0 unspecified atom stereocenters. The van der Waals surface area contributed by atoms with E-state index in [1.807, 2.05) is 6.20 Å². The summed E-state index contributed by atoms with van der Waals surface area (Å²) in [6.45, 7) is 10.7. The molecule has 8 heteroatoms. The maximum atomic E-state index is 6.32. The van der Waals surface area contributed by atoms with Crippen molar-refractivity contribution in [3.63, 3.8) is 0 Å². The first-order chi connectivity index (χ1) is 18.9. The van der Waals surface area contributed by atoms with Crippen molar-refractivity contribution in [2.45, 2.75) is 64.8 Å². The van der Waals surface area contributed by atoms with E-state index in [4.69, 9.17) is 20.4 Å². The molecular formula is C31H43N7O. The summed E-state index contributed by atoms with van der Waals surface area (Å²) in [6.07, 6.45) is 9.87. The number of nitrogens with two attached hydrogens (primary N) is 1. The molecule has 0 bridgehead atoms. The maximum Gasteiger partial charge on any atom is 0.151 e.